The molecule has 1 unspecified atom stereocenters. The average Bonchev–Trinajstić information content (AvgIpc) is 2.62. The van der Waals surface area contributed by atoms with Gasteiger partial charge in [-0.25, -0.2) is 0 Å². The van der Waals surface area contributed by atoms with Gasteiger partial charge in [0.05, 0.1) is 16.8 Å². The van der Waals surface area contributed by atoms with E-state index in [1.807, 2.05) is 32.0 Å². The van der Waals surface area contributed by atoms with Gasteiger partial charge < -0.3 is 9.73 Å². The van der Waals surface area contributed by atoms with Crippen molar-refractivity contribution >= 4 is 28.9 Å². The number of hydrogen-bond donors (Lipinski definition) is 1. The Kier molecular flexibility index (Phi) is 3.88. The first kappa shape index (κ1) is 13.3. The van der Waals surface area contributed by atoms with Crippen molar-refractivity contribution in [1.82, 2.24) is 0 Å². The first-order valence-electron chi connectivity index (χ1n) is 5.76. The van der Waals surface area contributed by atoms with Gasteiger partial charge in [0.2, 0.25) is 0 Å². The fraction of sp³-hybridized carbons (Fsp3) is 0.286. The van der Waals surface area contributed by atoms with Gasteiger partial charge in [-0.2, -0.15) is 0 Å². The summed E-state index contributed by atoms with van der Waals surface area (Å²) in [6.45, 7) is 5.98. The molecule has 0 radical (unpaired) electrons. The minimum absolute atomic E-state index is 0.126. The number of anilines is 1. The predicted octanol–water partition coefficient (Wildman–Crippen LogP) is 5.38. The van der Waals surface area contributed by atoms with Crippen molar-refractivity contribution in [3.63, 3.8) is 0 Å². The number of furan rings is 1. The maximum absolute atomic E-state index is 6.14. The van der Waals surface area contributed by atoms with Crippen LogP contribution >= 0.6 is 23.2 Å². The van der Waals surface area contributed by atoms with Crippen LogP contribution in [-0.4, -0.2) is 0 Å². The Morgan fingerprint density at radius 1 is 1.17 bits per heavy atom. The van der Waals surface area contributed by atoms with Crippen molar-refractivity contribution in [2.75, 3.05) is 5.32 Å². The van der Waals surface area contributed by atoms with Gasteiger partial charge in [-0.05, 0) is 45.0 Å². The highest BCUT2D eigenvalue weighted by Crippen LogP contribution is 2.30. The third kappa shape index (κ3) is 2.82. The Bertz CT molecular complexity index is 563. The molecule has 1 N–H and O–H groups in total. The molecule has 2 nitrogen and oxygen atoms in total. The second-order valence-corrected chi connectivity index (χ2v) is 5.20. The number of benzene rings is 1. The summed E-state index contributed by atoms with van der Waals surface area (Å²) in [6, 6.07) is 7.59. The van der Waals surface area contributed by atoms with Crippen molar-refractivity contribution in [2.24, 2.45) is 0 Å². The highest BCUT2D eigenvalue weighted by atomic mass is 35.5. The Morgan fingerprint density at radius 3 is 2.44 bits per heavy atom. The zero-order valence-corrected chi connectivity index (χ0v) is 12.1. The smallest absolute Gasteiger partial charge is 0.106 e. The molecule has 18 heavy (non-hydrogen) atoms. The average molecular weight is 284 g/mol. The molecule has 0 aliphatic heterocycles. The summed E-state index contributed by atoms with van der Waals surface area (Å²) in [7, 11) is 0. The summed E-state index contributed by atoms with van der Waals surface area (Å²) in [5.74, 6) is 1.84. The van der Waals surface area contributed by atoms with Crippen LogP contribution in [-0.2, 0) is 0 Å². The van der Waals surface area contributed by atoms with Gasteiger partial charge in [0, 0.05) is 10.6 Å². The summed E-state index contributed by atoms with van der Waals surface area (Å²) in [5.41, 5.74) is 2.00. The molecule has 1 atom stereocenters. The van der Waals surface area contributed by atoms with Gasteiger partial charge in [-0.15, -0.1) is 0 Å². The number of nitrogens with one attached hydrogen (secondary N) is 1. The second-order valence-electron chi connectivity index (χ2n) is 4.36. The SMILES string of the molecule is Cc1cc(C(C)Nc2ccc(Cl)cc2Cl)c(C)o1. The van der Waals surface area contributed by atoms with E-state index < -0.39 is 0 Å². The molecule has 0 bridgehead atoms. The molecule has 0 fully saturated rings. The lowest BCUT2D eigenvalue weighted by Crippen LogP contribution is -2.07. The van der Waals surface area contributed by atoms with E-state index in [0.29, 0.717) is 10.0 Å². The molecular weight excluding hydrogens is 269 g/mol. The monoisotopic (exact) mass is 283 g/mol. The third-order valence-electron chi connectivity index (χ3n) is 2.85. The van der Waals surface area contributed by atoms with Crippen molar-refractivity contribution in [2.45, 2.75) is 26.8 Å². The van der Waals surface area contributed by atoms with E-state index in [-0.39, 0.29) is 6.04 Å². The molecule has 0 saturated carbocycles. The molecule has 2 aromatic rings. The zero-order valence-electron chi connectivity index (χ0n) is 10.6. The van der Waals surface area contributed by atoms with Gasteiger partial charge >= 0.3 is 0 Å². The normalized spacial score (nSPS) is 12.5. The standard InChI is InChI=1S/C14H15Cl2NO/c1-8-6-12(10(3)18-8)9(2)17-14-5-4-11(15)7-13(14)16/h4-7,9,17H,1-3H3. The number of halogens is 2. The Hall–Kier alpha value is -1.12. The largest absolute Gasteiger partial charge is 0.466 e. The predicted molar refractivity (Wildman–Crippen MR) is 76.7 cm³/mol. The minimum Gasteiger partial charge on any atom is -0.466 e. The van der Waals surface area contributed by atoms with E-state index >= 15 is 0 Å². The van der Waals surface area contributed by atoms with Gasteiger partial charge in [-0.1, -0.05) is 23.2 Å². The summed E-state index contributed by atoms with van der Waals surface area (Å²) >= 11 is 12.0. The van der Waals surface area contributed by atoms with E-state index in [4.69, 9.17) is 27.6 Å². The lowest BCUT2D eigenvalue weighted by molar-refractivity contribution is 0.500. The summed E-state index contributed by atoms with van der Waals surface area (Å²) in [4.78, 5) is 0. The third-order valence-corrected chi connectivity index (χ3v) is 3.40. The van der Waals surface area contributed by atoms with Crippen LogP contribution in [0.15, 0.2) is 28.7 Å². The quantitative estimate of drug-likeness (QED) is 0.818. The van der Waals surface area contributed by atoms with Gasteiger partial charge in [0.1, 0.15) is 11.5 Å². The van der Waals surface area contributed by atoms with Gasteiger partial charge in [-0.3, -0.25) is 0 Å². The Balaban J connectivity index is 2.21. The first-order valence-corrected chi connectivity index (χ1v) is 6.51. The fourth-order valence-corrected chi connectivity index (χ4v) is 2.46. The summed E-state index contributed by atoms with van der Waals surface area (Å²) < 4.78 is 5.53. The van der Waals surface area contributed by atoms with E-state index in [9.17, 15) is 0 Å². The van der Waals surface area contributed by atoms with Crippen LogP contribution in [0.1, 0.15) is 30.0 Å². The molecule has 0 saturated heterocycles. The Morgan fingerprint density at radius 2 is 1.89 bits per heavy atom. The van der Waals surface area contributed by atoms with Crippen LogP contribution in [0.4, 0.5) is 5.69 Å². The van der Waals surface area contributed by atoms with Crippen LogP contribution in [0.2, 0.25) is 10.0 Å². The molecule has 1 aromatic heterocycles. The second kappa shape index (κ2) is 5.25. The number of hydrogen-bond acceptors (Lipinski definition) is 2. The van der Waals surface area contributed by atoms with Crippen molar-refractivity contribution in [1.29, 1.82) is 0 Å². The molecule has 0 spiro atoms. The highest BCUT2D eigenvalue weighted by molar-refractivity contribution is 6.36. The molecular formula is C14H15Cl2NO. The fourth-order valence-electron chi connectivity index (χ4n) is 2.00. The molecule has 1 heterocycles. The van der Waals surface area contributed by atoms with Crippen LogP contribution < -0.4 is 5.32 Å². The van der Waals surface area contributed by atoms with Crippen LogP contribution in [0.5, 0.6) is 0 Å². The molecule has 2 rings (SSSR count). The molecule has 0 aliphatic rings. The molecule has 0 amide bonds. The van der Waals surface area contributed by atoms with E-state index in [1.165, 1.54) is 0 Å². The Labute approximate surface area is 117 Å². The lowest BCUT2D eigenvalue weighted by Gasteiger charge is -2.16. The highest BCUT2D eigenvalue weighted by Gasteiger charge is 2.13. The number of aryl methyl sites for hydroxylation is 2. The van der Waals surface area contributed by atoms with E-state index in [1.54, 1.807) is 6.07 Å². The van der Waals surface area contributed by atoms with Gasteiger partial charge in [0.25, 0.3) is 0 Å². The van der Waals surface area contributed by atoms with Crippen LogP contribution in [0.3, 0.4) is 0 Å². The molecule has 0 aliphatic carbocycles. The van der Waals surface area contributed by atoms with E-state index in [2.05, 4.69) is 12.2 Å². The maximum Gasteiger partial charge on any atom is 0.106 e. The van der Waals surface area contributed by atoms with Crippen molar-refractivity contribution in [3.05, 3.63) is 51.4 Å². The van der Waals surface area contributed by atoms with Gasteiger partial charge in [0.15, 0.2) is 0 Å². The van der Waals surface area contributed by atoms with Crippen molar-refractivity contribution < 1.29 is 4.42 Å². The summed E-state index contributed by atoms with van der Waals surface area (Å²) in [6.07, 6.45) is 0. The molecule has 1 aromatic carbocycles. The molecule has 96 valence electrons. The van der Waals surface area contributed by atoms with E-state index in [0.717, 1.165) is 22.8 Å². The van der Waals surface area contributed by atoms with Crippen LogP contribution in [0, 0.1) is 13.8 Å². The van der Waals surface area contributed by atoms with Crippen molar-refractivity contribution in [3.8, 4) is 0 Å². The number of rotatable bonds is 3. The maximum atomic E-state index is 6.14. The summed E-state index contributed by atoms with van der Waals surface area (Å²) in [5, 5.41) is 4.61. The zero-order chi connectivity index (χ0) is 13.3. The van der Waals surface area contributed by atoms with Crippen LogP contribution in [0.25, 0.3) is 0 Å². The topological polar surface area (TPSA) is 25.2 Å². The minimum atomic E-state index is 0.126. The molecule has 4 heteroatoms. The first-order chi connectivity index (χ1) is 8.47. The lowest BCUT2D eigenvalue weighted by atomic mass is 10.1.